The van der Waals surface area contributed by atoms with Crippen molar-refractivity contribution >= 4 is 0 Å². The highest BCUT2D eigenvalue weighted by Gasteiger charge is 2.35. The summed E-state index contributed by atoms with van der Waals surface area (Å²) in [5, 5.41) is 2.86. The maximum absolute atomic E-state index is 12.6. The summed E-state index contributed by atoms with van der Waals surface area (Å²) in [7, 11) is 0. The lowest BCUT2D eigenvalue weighted by Gasteiger charge is -2.31. The lowest BCUT2D eigenvalue weighted by Crippen LogP contribution is -2.47. The molecule has 11 heavy (non-hydrogen) atoms. The van der Waals surface area contributed by atoms with Gasteiger partial charge in [0.25, 0.3) is 5.92 Å². The fourth-order valence-electron chi connectivity index (χ4n) is 1.41. The highest BCUT2D eigenvalue weighted by Crippen LogP contribution is 2.26. The van der Waals surface area contributed by atoms with Crippen LogP contribution in [-0.2, 0) is 0 Å². The molecule has 0 spiro atoms. The van der Waals surface area contributed by atoms with E-state index >= 15 is 0 Å². The van der Waals surface area contributed by atoms with Crippen LogP contribution in [0.3, 0.4) is 0 Å². The standard InChI is InChI=1S/C8H15F2N/c1-6(2)7-3-4-8(9,10)5-11-7/h6-7,11H,3-5H2,1-2H3/t7-/m0/s1. The Kier molecular flexibility index (Phi) is 2.47. The Hall–Kier alpha value is -0.180. The van der Waals surface area contributed by atoms with Crippen molar-refractivity contribution < 1.29 is 8.78 Å². The van der Waals surface area contributed by atoms with Gasteiger partial charge in [-0.2, -0.15) is 0 Å². The summed E-state index contributed by atoms with van der Waals surface area (Å²) in [5.41, 5.74) is 0. The molecule has 0 bridgehead atoms. The van der Waals surface area contributed by atoms with Gasteiger partial charge in [-0.25, -0.2) is 8.78 Å². The van der Waals surface area contributed by atoms with Gasteiger partial charge in [0, 0.05) is 12.5 Å². The van der Waals surface area contributed by atoms with E-state index in [1.165, 1.54) is 0 Å². The first kappa shape index (κ1) is 8.91. The third-order valence-electron chi connectivity index (χ3n) is 2.25. The Balaban J connectivity index is 2.36. The summed E-state index contributed by atoms with van der Waals surface area (Å²) >= 11 is 0. The van der Waals surface area contributed by atoms with Crippen LogP contribution >= 0.6 is 0 Å². The van der Waals surface area contributed by atoms with Gasteiger partial charge in [0.2, 0.25) is 0 Å². The van der Waals surface area contributed by atoms with Gasteiger partial charge in [0.15, 0.2) is 0 Å². The molecule has 1 fully saturated rings. The van der Waals surface area contributed by atoms with E-state index in [0.717, 1.165) is 0 Å². The number of nitrogens with one attached hydrogen (secondary N) is 1. The second-order valence-electron chi connectivity index (χ2n) is 3.63. The van der Waals surface area contributed by atoms with Crippen LogP contribution in [0.15, 0.2) is 0 Å². The predicted molar refractivity (Wildman–Crippen MR) is 40.8 cm³/mol. The molecule has 0 aromatic carbocycles. The van der Waals surface area contributed by atoms with Gasteiger partial charge >= 0.3 is 0 Å². The first-order valence-electron chi connectivity index (χ1n) is 4.12. The summed E-state index contributed by atoms with van der Waals surface area (Å²) in [6, 6.07) is 0.287. The Morgan fingerprint density at radius 2 is 2.09 bits per heavy atom. The minimum Gasteiger partial charge on any atom is -0.308 e. The molecule has 0 aromatic rings. The number of rotatable bonds is 1. The predicted octanol–water partition coefficient (Wildman–Crippen LogP) is 2.03. The summed E-state index contributed by atoms with van der Waals surface area (Å²) in [4.78, 5) is 0. The van der Waals surface area contributed by atoms with E-state index in [1.807, 2.05) is 0 Å². The first-order chi connectivity index (χ1) is 5.01. The normalized spacial score (nSPS) is 30.8. The van der Waals surface area contributed by atoms with E-state index < -0.39 is 5.92 Å². The average Bonchev–Trinajstić information content (AvgIpc) is 1.86. The van der Waals surface area contributed by atoms with Crippen LogP contribution in [0.4, 0.5) is 8.78 Å². The molecule has 0 amide bonds. The minimum atomic E-state index is -2.47. The zero-order valence-corrected chi connectivity index (χ0v) is 7.03. The molecule has 1 nitrogen and oxygen atoms in total. The van der Waals surface area contributed by atoms with Crippen molar-refractivity contribution in [1.29, 1.82) is 0 Å². The molecule has 1 saturated heterocycles. The highest BCUT2D eigenvalue weighted by molar-refractivity contribution is 4.83. The molecule has 1 heterocycles. The van der Waals surface area contributed by atoms with Gasteiger partial charge in [0.05, 0.1) is 6.54 Å². The topological polar surface area (TPSA) is 12.0 Å². The lowest BCUT2D eigenvalue weighted by molar-refractivity contribution is -0.0338. The Morgan fingerprint density at radius 3 is 2.45 bits per heavy atom. The van der Waals surface area contributed by atoms with Gasteiger partial charge < -0.3 is 5.32 Å². The van der Waals surface area contributed by atoms with E-state index in [-0.39, 0.29) is 19.0 Å². The zero-order valence-electron chi connectivity index (χ0n) is 7.03. The highest BCUT2D eigenvalue weighted by atomic mass is 19.3. The Morgan fingerprint density at radius 1 is 1.45 bits per heavy atom. The van der Waals surface area contributed by atoms with E-state index in [2.05, 4.69) is 19.2 Å². The fourth-order valence-corrected chi connectivity index (χ4v) is 1.41. The number of piperidine rings is 1. The van der Waals surface area contributed by atoms with E-state index in [0.29, 0.717) is 12.3 Å². The van der Waals surface area contributed by atoms with E-state index in [4.69, 9.17) is 0 Å². The van der Waals surface area contributed by atoms with Crippen molar-refractivity contribution in [2.75, 3.05) is 6.54 Å². The monoisotopic (exact) mass is 163 g/mol. The molecule has 1 N–H and O–H groups in total. The minimum absolute atomic E-state index is 0.0445. The lowest BCUT2D eigenvalue weighted by atomic mass is 9.93. The molecular weight excluding hydrogens is 148 g/mol. The number of alkyl halides is 2. The SMILES string of the molecule is CC(C)[C@@H]1CCC(F)(F)CN1. The van der Waals surface area contributed by atoms with Crippen LogP contribution in [-0.4, -0.2) is 18.5 Å². The number of hydrogen-bond acceptors (Lipinski definition) is 1. The summed E-state index contributed by atoms with van der Waals surface area (Å²) in [6.07, 6.45) is 0.646. The van der Waals surface area contributed by atoms with Crippen molar-refractivity contribution in [3.63, 3.8) is 0 Å². The molecule has 66 valence electrons. The molecule has 3 heteroatoms. The molecule has 0 saturated carbocycles. The van der Waals surface area contributed by atoms with Crippen molar-refractivity contribution in [3.05, 3.63) is 0 Å². The van der Waals surface area contributed by atoms with Crippen LogP contribution in [0, 0.1) is 5.92 Å². The van der Waals surface area contributed by atoms with Gasteiger partial charge in [-0.3, -0.25) is 0 Å². The van der Waals surface area contributed by atoms with E-state index in [9.17, 15) is 8.78 Å². The molecule has 0 aliphatic carbocycles. The summed E-state index contributed by atoms with van der Waals surface area (Å²) in [6.45, 7) is 3.97. The molecule has 1 aliphatic rings. The quantitative estimate of drug-likeness (QED) is 0.623. The Labute approximate surface area is 66.2 Å². The van der Waals surface area contributed by atoms with E-state index in [1.54, 1.807) is 0 Å². The van der Waals surface area contributed by atoms with Crippen molar-refractivity contribution in [2.45, 2.75) is 38.7 Å². The second kappa shape index (κ2) is 3.05. The number of halogens is 2. The summed E-state index contributed by atoms with van der Waals surface area (Å²) in [5.74, 6) is -2.00. The average molecular weight is 163 g/mol. The second-order valence-corrected chi connectivity index (χ2v) is 3.63. The molecule has 0 unspecified atom stereocenters. The van der Waals surface area contributed by atoms with Crippen LogP contribution in [0.1, 0.15) is 26.7 Å². The third-order valence-corrected chi connectivity index (χ3v) is 2.25. The van der Waals surface area contributed by atoms with Crippen LogP contribution in [0.2, 0.25) is 0 Å². The maximum atomic E-state index is 12.6. The van der Waals surface area contributed by atoms with Gasteiger partial charge in [-0.1, -0.05) is 13.8 Å². The number of hydrogen-bond donors (Lipinski definition) is 1. The largest absolute Gasteiger partial charge is 0.308 e. The molecule has 1 atom stereocenters. The van der Waals surface area contributed by atoms with Gasteiger partial charge in [0.1, 0.15) is 0 Å². The van der Waals surface area contributed by atoms with Crippen LogP contribution < -0.4 is 5.32 Å². The maximum Gasteiger partial charge on any atom is 0.260 e. The Bertz CT molecular complexity index is 124. The molecule has 0 aromatic heterocycles. The van der Waals surface area contributed by atoms with Crippen molar-refractivity contribution in [2.24, 2.45) is 5.92 Å². The molecular formula is C8H15F2N. The van der Waals surface area contributed by atoms with Crippen LogP contribution in [0.25, 0.3) is 0 Å². The first-order valence-corrected chi connectivity index (χ1v) is 4.12. The van der Waals surface area contributed by atoms with Crippen molar-refractivity contribution in [1.82, 2.24) is 5.32 Å². The molecule has 1 aliphatic heterocycles. The third kappa shape index (κ3) is 2.40. The van der Waals surface area contributed by atoms with Gasteiger partial charge in [-0.05, 0) is 12.3 Å². The molecule has 1 rings (SSSR count). The van der Waals surface area contributed by atoms with Gasteiger partial charge in [-0.15, -0.1) is 0 Å². The summed E-state index contributed by atoms with van der Waals surface area (Å²) < 4.78 is 25.2. The fraction of sp³-hybridized carbons (Fsp3) is 1.00. The smallest absolute Gasteiger partial charge is 0.260 e. The van der Waals surface area contributed by atoms with Crippen LogP contribution in [0.5, 0.6) is 0 Å². The molecule has 0 radical (unpaired) electrons. The zero-order chi connectivity index (χ0) is 8.48. The van der Waals surface area contributed by atoms with Crippen molar-refractivity contribution in [3.8, 4) is 0 Å².